The van der Waals surface area contributed by atoms with E-state index in [4.69, 9.17) is 0 Å². The number of rotatable bonds is 4. The summed E-state index contributed by atoms with van der Waals surface area (Å²) in [7, 11) is 0. The van der Waals surface area contributed by atoms with Gasteiger partial charge in [-0.05, 0) is 25.0 Å². The number of nitrogens with one attached hydrogen (secondary N) is 1. The minimum absolute atomic E-state index is 0.107. The number of halogens is 2. The summed E-state index contributed by atoms with van der Waals surface area (Å²) >= 11 is 1.27. The predicted molar refractivity (Wildman–Crippen MR) is 98.1 cm³/mol. The maximum absolute atomic E-state index is 13.2. The number of aromatic nitrogens is 3. The molecule has 1 N–H and O–H groups in total. The van der Waals surface area contributed by atoms with Gasteiger partial charge in [0.15, 0.2) is 22.4 Å². The molecule has 4 rings (SSSR count). The van der Waals surface area contributed by atoms with E-state index in [1.165, 1.54) is 28.3 Å². The van der Waals surface area contributed by atoms with E-state index in [9.17, 15) is 18.4 Å². The molecule has 0 saturated carbocycles. The summed E-state index contributed by atoms with van der Waals surface area (Å²) in [6, 6.07) is 3.04. The number of carbonyl (C=O) groups excluding carboxylic acids is 1. The predicted octanol–water partition coefficient (Wildman–Crippen LogP) is 2.37. The molecule has 0 aliphatic carbocycles. The highest BCUT2D eigenvalue weighted by Gasteiger charge is 2.19. The first-order valence-electron chi connectivity index (χ1n) is 8.37. The Labute approximate surface area is 156 Å². The van der Waals surface area contributed by atoms with Gasteiger partial charge in [0.1, 0.15) is 17.6 Å². The van der Waals surface area contributed by atoms with Crippen LogP contribution < -0.4 is 15.8 Å². The molecule has 0 spiro atoms. The van der Waals surface area contributed by atoms with Crippen molar-refractivity contribution in [3.8, 4) is 0 Å². The number of benzene rings is 1. The average molecular weight is 391 g/mol. The van der Waals surface area contributed by atoms with Crippen molar-refractivity contribution in [1.29, 1.82) is 0 Å². The van der Waals surface area contributed by atoms with Gasteiger partial charge in [0.2, 0.25) is 5.91 Å². The molecule has 1 aliphatic heterocycles. The number of fused-ring (bicyclic) bond motifs is 1. The van der Waals surface area contributed by atoms with E-state index in [1.54, 1.807) is 0 Å². The number of anilines is 2. The van der Waals surface area contributed by atoms with Gasteiger partial charge in [0, 0.05) is 24.8 Å². The monoisotopic (exact) mass is 391 g/mol. The quantitative estimate of drug-likeness (QED) is 0.739. The minimum Gasteiger partial charge on any atom is -0.348 e. The molecule has 1 aliphatic rings. The second kappa shape index (κ2) is 7.03. The molecule has 0 radical (unpaired) electrons. The van der Waals surface area contributed by atoms with Crippen molar-refractivity contribution in [3.63, 3.8) is 0 Å². The zero-order valence-corrected chi connectivity index (χ0v) is 14.9. The van der Waals surface area contributed by atoms with Crippen LogP contribution in [0.2, 0.25) is 0 Å². The normalized spacial score (nSPS) is 14.1. The van der Waals surface area contributed by atoms with Crippen molar-refractivity contribution in [2.45, 2.75) is 19.4 Å². The van der Waals surface area contributed by atoms with Gasteiger partial charge < -0.3 is 10.2 Å². The number of nitrogens with zero attached hydrogens (tertiary/aromatic N) is 4. The lowest BCUT2D eigenvalue weighted by Gasteiger charge is -2.11. The molecule has 2 aromatic heterocycles. The molecule has 7 nitrogen and oxygen atoms in total. The van der Waals surface area contributed by atoms with Crippen LogP contribution >= 0.6 is 11.3 Å². The van der Waals surface area contributed by atoms with Crippen LogP contribution in [-0.2, 0) is 11.3 Å². The molecule has 3 aromatic rings. The molecule has 1 amide bonds. The maximum Gasteiger partial charge on any atom is 0.273 e. The maximum atomic E-state index is 13.2. The summed E-state index contributed by atoms with van der Waals surface area (Å²) in [4.78, 5) is 35.5. The summed E-state index contributed by atoms with van der Waals surface area (Å²) < 4.78 is 27.7. The van der Waals surface area contributed by atoms with E-state index in [-0.39, 0.29) is 17.8 Å². The molecule has 140 valence electrons. The fraction of sp³-hybridized carbons (Fsp3) is 0.294. The molecule has 1 aromatic carbocycles. The van der Waals surface area contributed by atoms with E-state index in [2.05, 4.69) is 20.2 Å². The summed E-state index contributed by atoms with van der Waals surface area (Å²) in [6.45, 7) is 1.52. The fourth-order valence-electron chi connectivity index (χ4n) is 2.92. The minimum atomic E-state index is -1.06. The Balaban J connectivity index is 1.54. The third kappa shape index (κ3) is 3.52. The first-order chi connectivity index (χ1) is 13.0. The Hall–Kier alpha value is -2.88. The van der Waals surface area contributed by atoms with Crippen molar-refractivity contribution in [3.05, 3.63) is 46.5 Å². The van der Waals surface area contributed by atoms with E-state index in [1.807, 2.05) is 0 Å². The molecule has 3 heterocycles. The van der Waals surface area contributed by atoms with Gasteiger partial charge in [0.05, 0.1) is 0 Å². The summed E-state index contributed by atoms with van der Waals surface area (Å²) in [5.41, 5.74) is 0.114. The van der Waals surface area contributed by atoms with Crippen LogP contribution in [0.3, 0.4) is 0 Å². The lowest BCUT2D eigenvalue weighted by Crippen LogP contribution is -2.27. The standard InChI is InChI=1S/C17H15F2N5O2S/c18-11-4-3-10(7-12(11)19)21-13(25)8-24-9-20-15-14(16(24)26)27-17(22-15)23-5-1-2-6-23/h3-4,7,9H,1-2,5-6,8H2,(H,21,25). The van der Waals surface area contributed by atoms with E-state index >= 15 is 0 Å². The van der Waals surface area contributed by atoms with E-state index < -0.39 is 17.5 Å². The molecule has 27 heavy (non-hydrogen) atoms. The lowest BCUT2D eigenvalue weighted by molar-refractivity contribution is -0.116. The summed E-state index contributed by atoms with van der Waals surface area (Å²) in [5, 5.41) is 3.19. The van der Waals surface area contributed by atoms with Crippen molar-refractivity contribution in [1.82, 2.24) is 14.5 Å². The Bertz CT molecular complexity index is 1070. The van der Waals surface area contributed by atoms with Crippen LogP contribution in [0.15, 0.2) is 29.3 Å². The molecule has 0 atom stereocenters. The van der Waals surface area contributed by atoms with Crippen LogP contribution in [0.1, 0.15) is 12.8 Å². The molecule has 1 fully saturated rings. The smallest absolute Gasteiger partial charge is 0.273 e. The first kappa shape index (κ1) is 17.5. The van der Waals surface area contributed by atoms with Gasteiger partial charge in [-0.25, -0.2) is 13.8 Å². The Morgan fingerprint density at radius 3 is 2.74 bits per heavy atom. The fourth-order valence-corrected chi connectivity index (χ4v) is 3.94. The zero-order chi connectivity index (χ0) is 19.0. The second-order valence-corrected chi connectivity index (χ2v) is 7.18. The third-order valence-electron chi connectivity index (χ3n) is 4.27. The van der Waals surface area contributed by atoms with Crippen LogP contribution in [0.4, 0.5) is 19.6 Å². The van der Waals surface area contributed by atoms with Crippen LogP contribution in [0.5, 0.6) is 0 Å². The Kier molecular flexibility index (Phi) is 4.56. The summed E-state index contributed by atoms with van der Waals surface area (Å²) in [6.07, 6.45) is 3.46. The summed E-state index contributed by atoms with van der Waals surface area (Å²) in [5.74, 6) is -2.61. The number of hydrogen-bond acceptors (Lipinski definition) is 6. The van der Waals surface area contributed by atoms with Crippen molar-refractivity contribution in [2.24, 2.45) is 0 Å². The van der Waals surface area contributed by atoms with Crippen LogP contribution in [-0.4, -0.2) is 33.5 Å². The number of hydrogen-bond donors (Lipinski definition) is 1. The molecular formula is C17H15F2N5O2S. The largest absolute Gasteiger partial charge is 0.348 e. The third-order valence-corrected chi connectivity index (χ3v) is 5.36. The Morgan fingerprint density at radius 1 is 1.22 bits per heavy atom. The average Bonchev–Trinajstić information content (AvgIpc) is 3.30. The number of carbonyl (C=O) groups is 1. The van der Waals surface area contributed by atoms with Gasteiger partial charge >= 0.3 is 0 Å². The van der Waals surface area contributed by atoms with Gasteiger partial charge in [0.25, 0.3) is 5.56 Å². The van der Waals surface area contributed by atoms with Gasteiger partial charge in [-0.2, -0.15) is 4.98 Å². The van der Waals surface area contributed by atoms with Crippen LogP contribution in [0, 0.1) is 11.6 Å². The highest BCUT2D eigenvalue weighted by molar-refractivity contribution is 7.22. The van der Waals surface area contributed by atoms with Crippen LogP contribution in [0.25, 0.3) is 10.3 Å². The second-order valence-electron chi connectivity index (χ2n) is 6.20. The van der Waals surface area contributed by atoms with Crippen molar-refractivity contribution >= 4 is 38.4 Å². The zero-order valence-electron chi connectivity index (χ0n) is 14.1. The van der Waals surface area contributed by atoms with E-state index in [0.29, 0.717) is 10.3 Å². The van der Waals surface area contributed by atoms with Gasteiger partial charge in [-0.3, -0.25) is 14.2 Å². The topological polar surface area (TPSA) is 80.1 Å². The highest BCUT2D eigenvalue weighted by Crippen LogP contribution is 2.27. The van der Waals surface area contributed by atoms with Crippen molar-refractivity contribution < 1.29 is 13.6 Å². The Morgan fingerprint density at radius 2 is 2.00 bits per heavy atom. The first-order valence-corrected chi connectivity index (χ1v) is 9.19. The molecular weight excluding hydrogens is 376 g/mol. The lowest BCUT2D eigenvalue weighted by atomic mass is 10.3. The molecule has 0 bridgehead atoms. The highest BCUT2D eigenvalue weighted by atomic mass is 32.1. The van der Waals surface area contributed by atoms with Gasteiger partial charge in [-0.15, -0.1) is 0 Å². The number of thiazole rings is 1. The van der Waals surface area contributed by atoms with Crippen molar-refractivity contribution in [2.75, 3.05) is 23.3 Å². The SMILES string of the molecule is O=C(Cn1cnc2nc(N3CCCC3)sc2c1=O)Nc1ccc(F)c(F)c1. The van der Waals surface area contributed by atoms with Gasteiger partial charge in [-0.1, -0.05) is 11.3 Å². The molecule has 1 saturated heterocycles. The van der Waals surface area contributed by atoms with E-state index in [0.717, 1.165) is 43.2 Å². The molecule has 0 unspecified atom stereocenters. The number of amides is 1. The molecule has 10 heteroatoms.